The first-order chi connectivity index (χ1) is 9.06. The van der Waals surface area contributed by atoms with Crippen molar-refractivity contribution in [2.75, 3.05) is 0 Å². The van der Waals surface area contributed by atoms with Gasteiger partial charge in [0.2, 0.25) is 0 Å². The van der Waals surface area contributed by atoms with Crippen molar-refractivity contribution in [2.24, 2.45) is 0 Å². The van der Waals surface area contributed by atoms with Gasteiger partial charge in [-0.25, -0.2) is 8.78 Å². The van der Waals surface area contributed by atoms with Crippen molar-refractivity contribution in [3.05, 3.63) is 68.7 Å². The summed E-state index contributed by atoms with van der Waals surface area (Å²) in [7, 11) is 0. The summed E-state index contributed by atoms with van der Waals surface area (Å²) in [6, 6.07) is 9.54. The summed E-state index contributed by atoms with van der Waals surface area (Å²) in [5, 5.41) is 3.25. The lowest BCUT2D eigenvalue weighted by molar-refractivity contribution is 0.613. The van der Waals surface area contributed by atoms with Gasteiger partial charge in [0.1, 0.15) is 11.6 Å². The number of hydrogen-bond acceptors (Lipinski definition) is 1. The van der Waals surface area contributed by atoms with Gasteiger partial charge in [0.15, 0.2) is 0 Å². The van der Waals surface area contributed by atoms with E-state index >= 15 is 0 Å². The van der Waals surface area contributed by atoms with E-state index < -0.39 is 5.82 Å². The first-order valence-corrected chi connectivity index (χ1v) is 6.82. The molecule has 2 rings (SSSR count). The van der Waals surface area contributed by atoms with Crippen molar-refractivity contribution in [1.29, 1.82) is 0 Å². The third-order valence-corrected chi connectivity index (χ3v) is 3.56. The van der Waals surface area contributed by atoms with Crippen LogP contribution in [0.15, 0.2) is 40.9 Å². The lowest BCUT2D eigenvalue weighted by Gasteiger charge is -2.06. The summed E-state index contributed by atoms with van der Waals surface area (Å²) in [6.07, 6.45) is 0. The van der Waals surface area contributed by atoms with Crippen molar-refractivity contribution >= 4 is 27.5 Å². The molecule has 2 aromatic rings. The third-order valence-electron chi connectivity index (χ3n) is 2.63. The van der Waals surface area contributed by atoms with Crippen LogP contribution in [0.25, 0.3) is 0 Å². The zero-order valence-electron chi connectivity index (χ0n) is 9.89. The molecule has 0 amide bonds. The predicted molar refractivity (Wildman–Crippen MR) is 76.1 cm³/mol. The molecule has 0 atom stereocenters. The van der Waals surface area contributed by atoms with Crippen molar-refractivity contribution in [3.63, 3.8) is 0 Å². The maximum Gasteiger partial charge on any atom is 0.141 e. The van der Waals surface area contributed by atoms with Gasteiger partial charge in [0, 0.05) is 13.1 Å². The second kappa shape index (κ2) is 6.46. The normalized spacial score (nSPS) is 10.7. The summed E-state index contributed by atoms with van der Waals surface area (Å²) in [4.78, 5) is 0. The van der Waals surface area contributed by atoms with Crippen LogP contribution < -0.4 is 5.32 Å². The van der Waals surface area contributed by atoms with E-state index in [9.17, 15) is 8.78 Å². The SMILES string of the molecule is Fc1ccc(CNCc2ccc(Br)c(F)c2)cc1Cl. The van der Waals surface area contributed by atoms with E-state index in [2.05, 4.69) is 21.2 Å². The average molecular weight is 347 g/mol. The average Bonchev–Trinajstić information content (AvgIpc) is 2.38. The highest BCUT2D eigenvalue weighted by Gasteiger charge is 2.02. The predicted octanol–water partition coefficient (Wildman–Crippen LogP) is 4.67. The molecule has 2 aromatic carbocycles. The van der Waals surface area contributed by atoms with Crippen LogP contribution >= 0.6 is 27.5 Å². The van der Waals surface area contributed by atoms with Crippen molar-refractivity contribution < 1.29 is 8.78 Å². The Morgan fingerprint density at radius 1 is 0.947 bits per heavy atom. The summed E-state index contributed by atoms with van der Waals surface area (Å²) < 4.78 is 26.7. The molecule has 1 nitrogen and oxygen atoms in total. The van der Waals surface area contributed by atoms with Gasteiger partial charge in [0.25, 0.3) is 0 Å². The van der Waals surface area contributed by atoms with Gasteiger partial charge in [-0.15, -0.1) is 0 Å². The molecule has 0 heterocycles. The fourth-order valence-electron chi connectivity index (χ4n) is 1.65. The molecule has 0 bridgehead atoms. The number of hydrogen-bond donors (Lipinski definition) is 1. The van der Waals surface area contributed by atoms with Crippen LogP contribution in [-0.2, 0) is 13.1 Å². The van der Waals surface area contributed by atoms with Gasteiger partial charge < -0.3 is 5.32 Å². The van der Waals surface area contributed by atoms with Crippen LogP contribution in [0, 0.1) is 11.6 Å². The second-order valence-electron chi connectivity index (χ2n) is 4.10. The highest BCUT2D eigenvalue weighted by atomic mass is 79.9. The highest BCUT2D eigenvalue weighted by molar-refractivity contribution is 9.10. The Hall–Kier alpha value is -0.970. The second-order valence-corrected chi connectivity index (χ2v) is 5.36. The van der Waals surface area contributed by atoms with E-state index in [-0.39, 0.29) is 10.8 Å². The molecule has 0 aliphatic carbocycles. The monoisotopic (exact) mass is 345 g/mol. The molecule has 0 spiro atoms. The minimum absolute atomic E-state index is 0.106. The molecule has 0 saturated carbocycles. The molecule has 1 N–H and O–H groups in total. The molecule has 0 aliphatic rings. The van der Waals surface area contributed by atoms with Gasteiger partial charge >= 0.3 is 0 Å². The number of halogens is 4. The molecule has 0 radical (unpaired) electrons. The molecule has 0 fully saturated rings. The Labute approximate surface area is 123 Å². The van der Waals surface area contributed by atoms with Gasteiger partial charge in [-0.1, -0.05) is 23.7 Å². The summed E-state index contributed by atoms with van der Waals surface area (Å²) >= 11 is 8.79. The quantitative estimate of drug-likeness (QED) is 0.848. The fraction of sp³-hybridized carbons (Fsp3) is 0.143. The van der Waals surface area contributed by atoms with Crippen molar-refractivity contribution in [1.82, 2.24) is 5.32 Å². The van der Waals surface area contributed by atoms with Crippen LogP contribution in [-0.4, -0.2) is 0 Å². The zero-order chi connectivity index (χ0) is 13.8. The van der Waals surface area contributed by atoms with Gasteiger partial charge in [-0.05, 0) is 51.3 Å². The van der Waals surface area contributed by atoms with Crippen LogP contribution in [0.4, 0.5) is 8.78 Å². The van der Waals surface area contributed by atoms with E-state index in [4.69, 9.17) is 11.6 Å². The lowest BCUT2D eigenvalue weighted by Crippen LogP contribution is -2.12. The van der Waals surface area contributed by atoms with E-state index in [0.717, 1.165) is 11.1 Å². The van der Waals surface area contributed by atoms with Crippen LogP contribution in [0.5, 0.6) is 0 Å². The maximum absolute atomic E-state index is 13.3. The third kappa shape index (κ3) is 4.00. The molecule has 0 unspecified atom stereocenters. The molecular formula is C14H11BrClF2N. The molecule has 100 valence electrons. The highest BCUT2D eigenvalue weighted by Crippen LogP contribution is 2.17. The minimum Gasteiger partial charge on any atom is -0.309 e. The Morgan fingerprint density at radius 2 is 1.58 bits per heavy atom. The smallest absolute Gasteiger partial charge is 0.141 e. The van der Waals surface area contributed by atoms with E-state index in [1.54, 1.807) is 18.2 Å². The standard InChI is InChI=1S/C14H11BrClF2N/c15-11-3-1-10(6-14(11)18)8-19-7-9-2-4-13(17)12(16)5-9/h1-6,19H,7-8H2. The zero-order valence-corrected chi connectivity index (χ0v) is 12.2. The van der Waals surface area contributed by atoms with Gasteiger partial charge in [-0.2, -0.15) is 0 Å². The summed E-state index contributed by atoms with van der Waals surface area (Å²) in [5.41, 5.74) is 1.72. The Balaban J connectivity index is 1.92. The lowest BCUT2D eigenvalue weighted by atomic mass is 10.2. The van der Waals surface area contributed by atoms with Crippen LogP contribution in [0.2, 0.25) is 5.02 Å². The van der Waals surface area contributed by atoms with Crippen molar-refractivity contribution in [2.45, 2.75) is 13.1 Å². The van der Waals surface area contributed by atoms with E-state index in [1.165, 1.54) is 12.1 Å². The molecule has 0 saturated heterocycles. The minimum atomic E-state index is -0.430. The fourth-order valence-corrected chi connectivity index (χ4v) is 2.10. The van der Waals surface area contributed by atoms with Gasteiger partial charge in [0.05, 0.1) is 9.50 Å². The van der Waals surface area contributed by atoms with E-state index in [0.29, 0.717) is 17.6 Å². The van der Waals surface area contributed by atoms with Crippen LogP contribution in [0.1, 0.15) is 11.1 Å². The van der Waals surface area contributed by atoms with E-state index in [1.807, 2.05) is 6.07 Å². The number of benzene rings is 2. The molecule has 19 heavy (non-hydrogen) atoms. The first kappa shape index (κ1) is 14.4. The summed E-state index contributed by atoms with van der Waals surface area (Å²) in [5.74, 6) is -0.718. The van der Waals surface area contributed by atoms with Crippen molar-refractivity contribution in [3.8, 4) is 0 Å². The molecule has 5 heteroatoms. The Morgan fingerprint density at radius 3 is 2.21 bits per heavy atom. The number of nitrogens with one attached hydrogen (secondary N) is 1. The molecule has 0 aromatic heterocycles. The molecule has 0 aliphatic heterocycles. The number of rotatable bonds is 4. The topological polar surface area (TPSA) is 12.0 Å². The summed E-state index contributed by atoms with van der Waals surface area (Å²) in [6.45, 7) is 1.07. The van der Waals surface area contributed by atoms with Crippen LogP contribution in [0.3, 0.4) is 0 Å². The maximum atomic E-state index is 13.3. The Bertz CT molecular complexity index is 538. The largest absolute Gasteiger partial charge is 0.309 e. The van der Waals surface area contributed by atoms with Gasteiger partial charge in [-0.3, -0.25) is 0 Å². The molecular weight excluding hydrogens is 336 g/mol. The Kier molecular flexibility index (Phi) is 4.91. The first-order valence-electron chi connectivity index (χ1n) is 5.65.